The lowest BCUT2D eigenvalue weighted by molar-refractivity contribution is 0.266. The molecule has 0 spiro atoms. The highest BCUT2D eigenvalue weighted by molar-refractivity contribution is 5.55. The van der Waals surface area contributed by atoms with Crippen LogP contribution in [0.3, 0.4) is 0 Å². The maximum absolute atomic E-state index is 13.4. The fourth-order valence-electron chi connectivity index (χ4n) is 2.72. The Bertz CT molecular complexity index is 411. The van der Waals surface area contributed by atoms with Crippen molar-refractivity contribution in [2.24, 2.45) is 0 Å². The Kier molecular flexibility index (Phi) is 5.16. The number of nitrogens with one attached hydrogen (secondary N) is 1. The molecule has 1 atom stereocenters. The number of aliphatic hydroxyl groups is 1. The van der Waals surface area contributed by atoms with Gasteiger partial charge in [-0.15, -0.1) is 0 Å². The predicted molar refractivity (Wildman–Crippen MR) is 75.9 cm³/mol. The lowest BCUT2D eigenvalue weighted by atomic mass is 10.1. The van der Waals surface area contributed by atoms with Crippen molar-refractivity contribution in [2.45, 2.75) is 38.8 Å². The molecule has 3 nitrogen and oxygen atoms in total. The van der Waals surface area contributed by atoms with Gasteiger partial charge in [0.2, 0.25) is 0 Å². The van der Waals surface area contributed by atoms with E-state index in [4.69, 9.17) is 0 Å². The van der Waals surface area contributed by atoms with Crippen LogP contribution in [0.4, 0.5) is 10.1 Å². The third kappa shape index (κ3) is 3.45. The molecule has 0 radical (unpaired) electrons. The average Bonchev–Trinajstić information content (AvgIpc) is 2.87. The van der Waals surface area contributed by atoms with Gasteiger partial charge in [0.15, 0.2) is 0 Å². The Morgan fingerprint density at radius 3 is 3.05 bits per heavy atom. The standard InChI is InChI=1S/C15H23FN2O/c1-2-7-17-10-12-9-13(16)5-6-15(12)18-8-3-4-14(18)11-19/h5-6,9,14,17,19H,2-4,7-8,10-11H2,1H3. The molecule has 1 aliphatic heterocycles. The van der Waals surface area contributed by atoms with E-state index in [1.807, 2.05) is 6.07 Å². The van der Waals surface area contributed by atoms with E-state index in [1.54, 1.807) is 6.07 Å². The molecule has 0 bridgehead atoms. The van der Waals surface area contributed by atoms with E-state index >= 15 is 0 Å². The first-order valence-corrected chi connectivity index (χ1v) is 7.13. The Labute approximate surface area is 114 Å². The van der Waals surface area contributed by atoms with E-state index in [-0.39, 0.29) is 18.5 Å². The first-order valence-electron chi connectivity index (χ1n) is 7.13. The molecule has 1 saturated heterocycles. The summed E-state index contributed by atoms with van der Waals surface area (Å²) in [4.78, 5) is 2.21. The van der Waals surface area contributed by atoms with E-state index in [9.17, 15) is 9.50 Å². The van der Waals surface area contributed by atoms with E-state index in [0.717, 1.165) is 43.6 Å². The Morgan fingerprint density at radius 1 is 1.47 bits per heavy atom. The highest BCUT2D eigenvalue weighted by Gasteiger charge is 2.25. The Hall–Kier alpha value is -1.13. The molecule has 0 amide bonds. The SMILES string of the molecule is CCCNCc1cc(F)ccc1N1CCCC1CO. The summed E-state index contributed by atoms with van der Waals surface area (Å²) in [6.45, 7) is 4.83. The molecule has 4 heteroatoms. The number of anilines is 1. The van der Waals surface area contributed by atoms with Gasteiger partial charge in [0.25, 0.3) is 0 Å². The zero-order valence-electron chi connectivity index (χ0n) is 11.5. The lowest BCUT2D eigenvalue weighted by Crippen LogP contribution is -2.33. The summed E-state index contributed by atoms with van der Waals surface area (Å²) in [5, 5.41) is 12.7. The molecule has 0 aliphatic carbocycles. The summed E-state index contributed by atoms with van der Waals surface area (Å²) in [5.41, 5.74) is 2.04. The first kappa shape index (κ1) is 14.3. The topological polar surface area (TPSA) is 35.5 Å². The summed E-state index contributed by atoms with van der Waals surface area (Å²) < 4.78 is 13.4. The fraction of sp³-hybridized carbons (Fsp3) is 0.600. The van der Waals surface area contributed by atoms with E-state index in [0.29, 0.717) is 6.54 Å². The van der Waals surface area contributed by atoms with Crippen molar-refractivity contribution in [3.8, 4) is 0 Å². The zero-order valence-corrected chi connectivity index (χ0v) is 11.5. The van der Waals surface area contributed by atoms with E-state index in [2.05, 4.69) is 17.1 Å². The van der Waals surface area contributed by atoms with Gasteiger partial charge in [0, 0.05) is 18.8 Å². The number of nitrogens with zero attached hydrogens (tertiary/aromatic N) is 1. The van der Waals surface area contributed by atoms with Gasteiger partial charge in [-0.2, -0.15) is 0 Å². The minimum absolute atomic E-state index is 0.166. The minimum atomic E-state index is -0.197. The number of aliphatic hydroxyl groups excluding tert-OH is 1. The van der Waals surface area contributed by atoms with Crippen LogP contribution in [0, 0.1) is 5.82 Å². The third-order valence-electron chi connectivity index (χ3n) is 3.68. The smallest absolute Gasteiger partial charge is 0.123 e. The van der Waals surface area contributed by atoms with Gasteiger partial charge in [0.1, 0.15) is 5.82 Å². The highest BCUT2D eigenvalue weighted by Crippen LogP contribution is 2.29. The van der Waals surface area contributed by atoms with Gasteiger partial charge in [-0.1, -0.05) is 6.92 Å². The number of hydrogen-bond donors (Lipinski definition) is 2. The molecule has 1 fully saturated rings. The molecule has 1 aromatic rings. The number of benzene rings is 1. The van der Waals surface area contributed by atoms with Crippen molar-refractivity contribution < 1.29 is 9.50 Å². The summed E-state index contributed by atoms with van der Waals surface area (Å²) in [6.07, 6.45) is 3.16. The van der Waals surface area contributed by atoms with Gasteiger partial charge in [-0.25, -0.2) is 4.39 Å². The van der Waals surface area contributed by atoms with Gasteiger partial charge < -0.3 is 15.3 Å². The van der Waals surface area contributed by atoms with Crippen LogP contribution in [0.1, 0.15) is 31.7 Å². The van der Waals surface area contributed by atoms with Crippen LogP contribution >= 0.6 is 0 Å². The quantitative estimate of drug-likeness (QED) is 0.775. The summed E-state index contributed by atoms with van der Waals surface area (Å²) in [7, 11) is 0. The van der Waals surface area contributed by atoms with Crippen molar-refractivity contribution in [1.82, 2.24) is 5.32 Å². The molecule has 0 aromatic heterocycles. The van der Waals surface area contributed by atoms with Crippen molar-refractivity contribution in [2.75, 3.05) is 24.6 Å². The van der Waals surface area contributed by atoms with Crippen molar-refractivity contribution in [3.63, 3.8) is 0 Å². The van der Waals surface area contributed by atoms with Gasteiger partial charge in [-0.05, 0) is 49.6 Å². The molecule has 0 saturated carbocycles. The Balaban J connectivity index is 2.18. The van der Waals surface area contributed by atoms with Crippen LogP contribution in [0.25, 0.3) is 0 Å². The van der Waals surface area contributed by atoms with Crippen LogP contribution in [-0.4, -0.2) is 30.8 Å². The molecular formula is C15H23FN2O. The van der Waals surface area contributed by atoms with Crippen LogP contribution < -0.4 is 10.2 Å². The van der Waals surface area contributed by atoms with Crippen molar-refractivity contribution >= 4 is 5.69 Å². The zero-order chi connectivity index (χ0) is 13.7. The largest absolute Gasteiger partial charge is 0.394 e. The Morgan fingerprint density at radius 2 is 2.32 bits per heavy atom. The normalized spacial score (nSPS) is 19.1. The second-order valence-electron chi connectivity index (χ2n) is 5.12. The summed E-state index contributed by atoms with van der Waals surface area (Å²) in [6, 6.07) is 5.12. The summed E-state index contributed by atoms with van der Waals surface area (Å²) >= 11 is 0. The molecular weight excluding hydrogens is 243 g/mol. The molecule has 1 aromatic carbocycles. The van der Waals surface area contributed by atoms with E-state index in [1.165, 1.54) is 6.07 Å². The third-order valence-corrected chi connectivity index (χ3v) is 3.68. The molecule has 106 valence electrons. The second kappa shape index (κ2) is 6.87. The monoisotopic (exact) mass is 266 g/mol. The molecule has 19 heavy (non-hydrogen) atoms. The lowest BCUT2D eigenvalue weighted by Gasteiger charge is -2.27. The first-order chi connectivity index (χ1) is 9.26. The van der Waals surface area contributed by atoms with Gasteiger partial charge in [0.05, 0.1) is 12.6 Å². The molecule has 1 heterocycles. The number of rotatable bonds is 6. The van der Waals surface area contributed by atoms with E-state index < -0.39 is 0 Å². The van der Waals surface area contributed by atoms with Crippen LogP contribution in [-0.2, 0) is 6.54 Å². The molecule has 1 unspecified atom stereocenters. The molecule has 2 rings (SSSR count). The minimum Gasteiger partial charge on any atom is -0.394 e. The fourth-order valence-corrected chi connectivity index (χ4v) is 2.72. The molecule has 1 aliphatic rings. The van der Waals surface area contributed by atoms with Crippen molar-refractivity contribution in [3.05, 3.63) is 29.6 Å². The number of halogens is 1. The van der Waals surface area contributed by atoms with Crippen LogP contribution in [0.15, 0.2) is 18.2 Å². The van der Waals surface area contributed by atoms with Crippen LogP contribution in [0.2, 0.25) is 0 Å². The molecule has 2 N–H and O–H groups in total. The second-order valence-corrected chi connectivity index (χ2v) is 5.12. The van der Waals surface area contributed by atoms with Gasteiger partial charge >= 0.3 is 0 Å². The predicted octanol–water partition coefficient (Wildman–Crippen LogP) is 2.29. The maximum atomic E-state index is 13.4. The average molecular weight is 266 g/mol. The van der Waals surface area contributed by atoms with Crippen LogP contribution in [0.5, 0.6) is 0 Å². The van der Waals surface area contributed by atoms with Crippen molar-refractivity contribution in [1.29, 1.82) is 0 Å². The van der Waals surface area contributed by atoms with Gasteiger partial charge in [-0.3, -0.25) is 0 Å². The summed E-state index contributed by atoms with van der Waals surface area (Å²) in [5.74, 6) is -0.197. The number of hydrogen-bond acceptors (Lipinski definition) is 3. The maximum Gasteiger partial charge on any atom is 0.123 e. The highest BCUT2D eigenvalue weighted by atomic mass is 19.1.